The summed E-state index contributed by atoms with van der Waals surface area (Å²) in [7, 11) is 2.07. The summed E-state index contributed by atoms with van der Waals surface area (Å²) < 4.78 is 23.1. The van der Waals surface area contributed by atoms with Crippen molar-refractivity contribution in [1.29, 1.82) is 5.26 Å². The topological polar surface area (TPSA) is 113 Å². The monoisotopic (exact) mass is 684 g/mol. The summed E-state index contributed by atoms with van der Waals surface area (Å²) in [4.78, 5) is 26.1. The van der Waals surface area contributed by atoms with Gasteiger partial charge in [-0.2, -0.15) is 5.26 Å². The van der Waals surface area contributed by atoms with Crippen molar-refractivity contribution in [1.82, 2.24) is 34.8 Å². The minimum Gasteiger partial charge on any atom is -0.474 e. The van der Waals surface area contributed by atoms with Gasteiger partial charge in [-0.3, -0.25) is 9.78 Å². The van der Waals surface area contributed by atoms with Crippen molar-refractivity contribution < 1.29 is 13.9 Å². The first-order valence-electron chi connectivity index (χ1n) is 15.8. The van der Waals surface area contributed by atoms with E-state index in [2.05, 4.69) is 45.2 Å². The first-order chi connectivity index (χ1) is 23.3. The number of fused-ring (bicyclic) bond motifs is 4. The number of likely N-dealkylation sites (N-methyl/N-ethyl adjacent to an activating group) is 1. The number of benzene rings is 2. The number of piperidine rings is 1. The highest BCUT2D eigenvalue weighted by Crippen LogP contribution is 2.45. The molecule has 5 aromatic rings. The molecule has 48 heavy (non-hydrogen) atoms. The van der Waals surface area contributed by atoms with Gasteiger partial charge in [0.1, 0.15) is 17.9 Å². The number of ether oxygens (including phenoxy) is 1. The Balaban J connectivity index is 1.40. The Bertz CT molecular complexity index is 2190. The maximum Gasteiger partial charge on any atom is 0.298 e. The summed E-state index contributed by atoms with van der Waals surface area (Å²) in [6, 6.07) is 9.94. The lowest BCUT2D eigenvalue weighted by atomic mass is 9.94. The van der Waals surface area contributed by atoms with Gasteiger partial charge in [0, 0.05) is 46.7 Å². The summed E-state index contributed by atoms with van der Waals surface area (Å²) in [5.41, 5.74) is 2.87. The van der Waals surface area contributed by atoms with E-state index in [1.54, 1.807) is 36.2 Å². The molecular formula is C35H31Cl2FN8O2. The van der Waals surface area contributed by atoms with Crippen molar-refractivity contribution >= 4 is 61.9 Å². The minimum absolute atomic E-state index is 0.155. The fourth-order valence-corrected chi connectivity index (χ4v) is 7.75. The fourth-order valence-electron chi connectivity index (χ4n) is 7.05. The van der Waals surface area contributed by atoms with Crippen LogP contribution in [0.25, 0.3) is 44.0 Å². The standard InChI is InChI=1S/C35H31Cl2FN8O2/c1-3-6-28(47)45-14-10-23(17-22(45)9-11-39)46-34-26-18-27(36)29(25-16-21(38)15-20-7-4-12-40-31(20)25)30(37)32(26)41-35(33(34)42-43-46)48-19-24-8-5-13-44(24)2/h4,7,12,15-16,18,22-24H,5,8-10,13-14,17,19H2,1-2H3/t22-,23+,24+/m1/s1. The van der Waals surface area contributed by atoms with Crippen LogP contribution in [0.3, 0.4) is 0 Å². The number of pyridine rings is 2. The van der Waals surface area contributed by atoms with E-state index >= 15 is 0 Å². The second-order valence-electron chi connectivity index (χ2n) is 12.3. The third kappa shape index (κ3) is 5.66. The number of hydrogen-bond acceptors (Lipinski definition) is 8. The van der Waals surface area contributed by atoms with Gasteiger partial charge in [0.15, 0.2) is 5.52 Å². The molecule has 3 atom stereocenters. The molecule has 0 aliphatic carbocycles. The molecule has 244 valence electrons. The van der Waals surface area contributed by atoms with E-state index in [9.17, 15) is 14.4 Å². The number of rotatable bonds is 6. The van der Waals surface area contributed by atoms with Crippen molar-refractivity contribution in [2.24, 2.45) is 0 Å². The first-order valence-corrected chi connectivity index (χ1v) is 16.6. The molecule has 10 nitrogen and oxygen atoms in total. The van der Waals surface area contributed by atoms with E-state index in [0.29, 0.717) is 70.0 Å². The average Bonchev–Trinajstić information content (AvgIpc) is 3.70. The molecule has 0 saturated carbocycles. The van der Waals surface area contributed by atoms with Crippen molar-refractivity contribution in [2.45, 2.75) is 57.2 Å². The normalized spacial score (nSPS) is 19.8. The molecule has 2 fully saturated rings. The second kappa shape index (κ2) is 13.2. The highest BCUT2D eigenvalue weighted by Gasteiger charge is 2.34. The molecule has 5 heterocycles. The molecule has 7 rings (SSSR count). The van der Waals surface area contributed by atoms with Crippen LogP contribution in [0.5, 0.6) is 5.88 Å². The Labute approximate surface area is 286 Å². The minimum atomic E-state index is -0.449. The van der Waals surface area contributed by atoms with Gasteiger partial charge in [-0.1, -0.05) is 40.4 Å². The van der Waals surface area contributed by atoms with E-state index in [1.807, 2.05) is 4.68 Å². The molecule has 2 aliphatic rings. The summed E-state index contributed by atoms with van der Waals surface area (Å²) in [6.07, 6.45) is 4.90. The van der Waals surface area contributed by atoms with E-state index in [-0.39, 0.29) is 46.4 Å². The van der Waals surface area contributed by atoms with Crippen molar-refractivity contribution in [3.05, 3.63) is 52.4 Å². The van der Waals surface area contributed by atoms with Crippen molar-refractivity contribution in [3.8, 4) is 34.9 Å². The lowest BCUT2D eigenvalue weighted by Crippen LogP contribution is -2.46. The zero-order valence-corrected chi connectivity index (χ0v) is 27.9. The molecule has 0 N–H and O–H groups in total. The van der Waals surface area contributed by atoms with Crippen LogP contribution in [0.2, 0.25) is 10.0 Å². The number of carbonyl (C=O) groups excluding carboxylic acids is 1. The largest absolute Gasteiger partial charge is 0.474 e. The van der Waals surface area contributed by atoms with E-state index < -0.39 is 5.82 Å². The number of likely N-dealkylation sites (tertiary alicyclic amines) is 2. The number of nitrogens with zero attached hydrogens (tertiary/aromatic N) is 8. The van der Waals surface area contributed by atoms with E-state index in [1.165, 1.54) is 12.1 Å². The molecule has 13 heteroatoms. The molecular weight excluding hydrogens is 654 g/mol. The lowest BCUT2D eigenvalue weighted by molar-refractivity contribution is -0.129. The second-order valence-corrected chi connectivity index (χ2v) is 13.1. The van der Waals surface area contributed by atoms with Gasteiger partial charge in [0.05, 0.1) is 39.6 Å². The Kier molecular flexibility index (Phi) is 8.78. The van der Waals surface area contributed by atoms with Crippen LogP contribution >= 0.6 is 23.2 Å². The maximum atomic E-state index is 14.9. The highest BCUT2D eigenvalue weighted by molar-refractivity contribution is 6.44. The van der Waals surface area contributed by atoms with Crippen molar-refractivity contribution in [2.75, 3.05) is 26.7 Å². The van der Waals surface area contributed by atoms with Gasteiger partial charge in [-0.15, -0.1) is 5.10 Å². The predicted octanol–water partition coefficient (Wildman–Crippen LogP) is 6.58. The van der Waals surface area contributed by atoms with Crippen LogP contribution in [0, 0.1) is 29.0 Å². The molecule has 2 saturated heterocycles. The smallest absolute Gasteiger partial charge is 0.298 e. The molecule has 0 bridgehead atoms. The lowest BCUT2D eigenvalue weighted by Gasteiger charge is -2.37. The Hall–Kier alpha value is -4.55. The average molecular weight is 686 g/mol. The van der Waals surface area contributed by atoms with Crippen LogP contribution < -0.4 is 4.74 Å². The number of amides is 1. The maximum absolute atomic E-state index is 14.9. The van der Waals surface area contributed by atoms with E-state index in [0.717, 1.165) is 19.4 Å². The third-order valence-corrected chi connectivity index (χ3v) is 10.1. The Morgan fingerprint density at radius 2 is 2.00 bits per heavy atom. The van der Waals surface area contributed by atoms with Crippen LogP contribution in [-0.4, -0.2) is 79.5 Å². The SMILES string of the molecule is CC#CC(=O)N1CC[C@H](n2nnc3c(OC[C@@H]4CCCN4C)nc4c(Cl)c(-c5cc(F)cc6cccnc56)c(Cl)cc4c32)C[C@H]1CC#N. The zero-order chi connectivity index (χ0) is 33.5. The summed E-state index contributed by atoms with van der Waals surface area (Å²) in [5, 5.41) is 20.5. The Morgan fingerprint density at radius 3 is 2.77 bits per heavy atom. The van der Waals surface area contributed by atoms with Gasteiger partial charge < -0.3 is 14.5 Å². The molecule has 2 aromatic carbocycles. The van der Waals surface area contributed by atoms with Gasteiger partial charge in [-0.25, -0.2) is 14.1 Å². The highest BCUT2D eigenvalue weighted by atomic mass is 35.5. The number of carbonyl (C=O) groups is 1. The van der Waals surface area contributed by atoms with Crippen LogP contribution in [-0.2, 0) is 4.79 Å². The van der Waals surface area contributed by atoms with Crippen LogP contribution in [0.1, 0.15) is 45.1 Å². The van der Waals surface area contributed by atoms with E-state index in [4.69, 9.17) is 32.9 Å². The van der Waals surface area contributed by atoms with Crippen LogP contribution in [0.15, 0.2) is 36.5 Å². The zero-order valence-electron chi connectivity index (χ0n) is 26.4. The molecule has 2 aliphatic heterocycles. The number of nitriles is 1. The molecule has 3 aromatic heterocycles. The Morgan fingerprint density at radius 1 is 1.15 bits per heavy atom. The summed E-state index contributed by atoms with van der Waals surface area (Å²) in [6.45, 7) is 3.40. The molecule has 0 radical (unpaired) electrons. The molecule has 0 spiro atoms. The quantitative estimate of drug-likeness (QED) is 0.184. The molecule has 1 amide bonds. The predicted molar refractivity (Wildman–Crippen MR) is 182 cm³/mol. The summed E-state index contributed by atoms with van der Waals surface area (Å²) in [5.74, 6) is 4.80. The van der Waals surface area contributed by atoms with Gasteiger partial charge >= 0.3 is 0 Å². The number of hydrogen-bond donors (Lipinski definition) is 0. The van der Waals surface area contributed by atoms with Gasteiger partial charge in [0.25, 0.3) is 5.91 Å². The van der Waals surface area contributed by atoms with Gasteiger partial charge in [0.2, 0.25) is 5.88 Å². The van der Waals surface area contributed by atoms with Crippen LogP contribution in [0.4, 0.5) is 4.39 Å². The number of halogens is 3. The molecule has 0 unspecified atom stereocenters. The summed E-state index contributed by atoms with van der Waals surface area (Å²) >= 11 is 14.2. The fraction of sp³-hybridized carbons (Fsp3) is 0.371. The third-order valence-electron chi connectivity index (χ3n) is 9.43. The first kappa shape index (κ1) is 32.0. The number of aromatic nitrogens is 5. The van der Waals surface area contributed by atoms with Gasteiger partial charge in [-0.05, 0) is 76.4 Å². The van der Waals surface area contributed by atoms with Crippen molar-refractivity contribution in [3.63, 3.8) is 0 Å².